The van der Waals surface area contributed by atoms with Gasteiger partial charge in [-0.3, -0.25) is 0 Å². The Bertz CT molecular complexity index is 1100. The molecule has 0 unspecified atom stereocenters. The molecule has 30 heavy (non-hydrogen) atoms. The second-order valence-corrected chi connectivity index (χ2v) is 6.95. The number of esters is 1. The Balaban J connectivity index is 0.00000124. The molecule has 0 aliphatic carbocycles. The van der Waals surface area contributed by atoms with Crippen molar-refractivity contribution in [2.75, 3.05) is 7.11 Å². The number of fused-ring (bicyclic) bond motifs is 1. The Labute approximate surface area is 179 Å². The first kappa shape index (κ1) is 21.3. The molecule has 0 saturated carbocycles. The van der Waals surface area contributed by atoms with Gasteiger partial charge in [0.15, 0.2) is 0 Å². The van der Waals surface area contributed by atoms with E-state index in [-0.39, 0.29) is 5.97 Å². The molecule has 2 heteroatoms. The minimum atomic E-state index is -0.312. The molecule has 0 spiro atoms. The van der Waals surface area contributed by atoms with E-state index in [2.05, 4.69) is 66.7 Å². The Hall–Kier alpha value is -3.39. The van der Waals surface area contributed by atoms with Crippen molar-refractivity contribution in [1.82, 2.24) is 0 Å². The fourth-order valence-corrected chi connectivity index (χ4v) is 3.48. The van der Waals surface area contributed by atoms with Gasteiger partial charge in [0, 0.05) is 0 Å². The van der Waals surface area contributed by atoms with Crippen LogP contribution < -0.4 is 0 Å². The van der Waals surface area contributed by atoms with Crippen LogP contribution in [0, 0.1) is 0 Å². The van der Waals surface area contributed by atoms with Crippen LogP contribution in [0.4, 0.5) is 0 Å². The SMILES string of the molecule is CC.COC(=O)c1ccc(-c2ccc3cc(CCc4ccccc4)ccc3c2)cc1. The number of rotatable bonds is 5. The lowest BCUT2D eigenvalue weighted by atomic mass is 9.97. The van der Waals surface area contributed by atoms with E-state index in [1.807, 2.05) is 26.0 Å². The minimum absolute atomic E-state index is 0.312. The summed E-state index contributed by atoms with van der Waals surface area (Å²) in [5, 5.41) is 2.47. The van der Waals surface area contributed by atoms with Crippen LogP contribution in [-0.4, -0.2) is 13.1 Å². The van der Waals surface area contributed by atoms with Crippen LogP contribution in [0.1, 0.15) is 35.3 Å². The Kier molecular flexibility index (Phi) is 7.40. The molecule has 152 valence electrons. The lowest BCUT2D eigenvalue weighted by Gasteiger charge is -2.08. The van der Waals surface area contributed by atoms with Gasteiger partial charge in [-0.2, -0.15) is 0 Å². The zero-order valence-electron chi connectivity index (χ0n) is 17.9. The first-order chi connectivity index (χ1) is 14.7. The summed E-state index contributed by atoms with van der Waals surface area (Å²) in [7, 11) is 1.40. The quantitative estimate of drug-likeness (QED) is 0.336. The number of carbonyl (C=O) groups excluding carboxylic acids is 1. The van der Waals surface area contributed by atoms with E-state index < -0.39 is 0 Å². The first-order valence-electron chi connectivity index (χ1n) is 10.5. The summed E-state index contributed by atoms with van der Waals surface area (Å²) >= 11 is 0. The second kappa shape index (κ2) is 10.4. The van der Waals surface area contributed by atoms with E-state index in [0.717, 1.165) is 24.0 Å². The van der Waals surface area contributed by atoms with Crippen LogP contribution >= 0.6 is 0 Å². The van der Waals surface area contributed by atoms with E-state index in [1.54, 1.807) is 12.1 Å². The van der Waals surface area contributed by atoms with E-state index in [1.165, 1.54) is 29.0 Å². The molecule has 0 bridgehead atoms. The molecule has 0 aliphatic rings. The van der Waals surface area contributed by atoms with Crippen molar-refractivity contribution in [2.45, 2.75) is 26.7 Å². The van der Waals surface area contributed by atoms with Gasteiger partial charge in [0.2, 0.25) is 0 Å². The summed E-state index contributed by atoms with van der Waals surface area (Å²) in [6.45, 7) is 4.00. The number of benzene rings is 4. The van der Waals surface area contributed by atoms with E-state index in [9.17, 15) is 4.79 Å². The van der Waals surface area contributed by atoms with E-state index in [4.69, 9.17) is 4.74 Å². The smallest absolute Gasteiger partial charge is 0.337 e. The van der Waals surface area contributed by atoms with Gasteiger partial charge in [-0.15, -0.1) is 0 Å². The zero-order valence-corrected chi connectivity index (χ0v) is 17.9. The van der Waals surface area contributed by atoms with Crippen molar-refractivity contribution in [3.05, 3.63) is 108 Å². The molecule has 4 aromatic rings. The molecule has 0 N–H and O–H groups in total. The van der Waals surface area contributed by atoms with Crippen LogP contribution in [-0.2, 0) is 17.6 Å². The largest absolute Gasteiger partial charge is 0.465 e. The zero-order chi connectivity index (χ0) is 21.3. The number of carbonyl (C=O) groups is 1. The third-order valence-electron chi connectivity index (χ3n) is 5.09. The molecule has 0 aromatic heterocycles. The Morgan fingerprint density at radius 2 is 1.27 bits per heavy atom. The summed E-state index contributed by atoms with van der Waals surface area (Å²) in [6.07, 6.45) is 2.09. The Morgan fingerprint density at radius 1 is 0.667 bits per heavy atom. The van der Waals surface area contributed by atoms with Crippen molar-refractivity contribution in [1.29, 1.82) is 0 Å². The van der Waals surface area contributed by atoms with Crippen molar-refractivity contribution >= 4 is 16.7 Å². The van der Waals surface area contributed by atoms with Crippen LogP contribution in [0.15, 0.2) is 91.0 Å². The highest BCUT2D eigenvalue weighted by Crippen LogP contribution is 2.26. The van der Waals surface area contributed by atoms with Crippen molar-refractivity contribution in [3.8, 4) is 11.1 Å². The predicted octanol–water partition coefficient (Wildman–Crippen LogP) is 7.10. The fourth-order valence-electron chi connectivity index (χ4n) is 3.48. The summed E-state index contributed by atoms with van der Waals surface area (Å²) in [5.41, 5.74) is 5.51. The standard InChI is InChI=1S/C26H22O2.C2H6/c1-28-26(27)22-13-11-21(12-14-22)24-16-15-23-17-20(9-10-25(23)18-24)8-7-19-5-3-2-4-6-19;1-2/h2-6,9-18H,7-8H2,1H3;1-2H3. The maximum atomic E-state index is 11.6. The van der Waals surface area contributed by atoms with Crippen LogP contribution in [0.5, 0.6) is 0 Å². The highest BCUT2D eigenvalue weighted by molar-refractivity contribution is 5.91. The van der Waals surface area contributed by atoms with Crippen molar-refractivity contribution in [2.24, 2.45) is 0 Å². The summed E-state index contributed by atoms with van der Waals surface area (Å²) in [4.78, 5) is 11.6. The molecule has 0 heterocycles. The lowest BCUT2D eigenvalue weighted by Crippen LogP contribution is -2.00. The number of methoxy groups -OCH3 is 1. The van der Waals surface area contributed by atoms with Crippen LogP contribution in [0.25, 0.3) is 21.9 Å². The fraction of sp³-hybridized carbons (Fsp3) is 0.179. The summed E-state index contributed by atoms with van der Waals surface area (Å²) in [5.74, 6) is -0.312. The number of hydrogen-bond donors (Lipinski definition) is 0. The molecule has 4 aromatic carbocycles. The normalized spacial score (nSPS) is 10.2. The maximum Gasteiger partial charge on any atom is 0.337 e. The van der Waals surface area contributed by atoms with Crippen molar-refractivity contribution < 1.29 is 9.53 Å². The molecule has 0 atom stereocenters. The summed E-state index contributed by atoms with van der Waals surface area (Å²) in [6, 6.07) is 31.3. The first-order valence-corrected chi connectivity index (χ1v) is 10.5. The molecule has 4 rings (SSSR count). The van der Waals surface area contributed by atoms with Gasteiger partial charge in [-0.1, -0.05) is 86.6 Å². The molecule has 0 aliphatic heterocycles. The van der Waals surface area contributed by atoms with Gasteiger partial charge in [-0.05, 0) is 64.1 Å². The number of ether oxygens (including phenoxy) is 1. The van der Waals surface area contributed by atoms with Gasteiger partial charge in [0.05, 0.1) is 12.7 Å². The average molecular weight is 397 g/mol. The third kappa shape index (κ3) is 5.15. The lowest BCUT2D eigenvalue weighted by molar-refractivity contribution is 0.0601. The molecular formula is C28H28O2. The van der Waals surface area contributed by atoms with Gasteiger partial charge in [-0.25, -0.2) is 4.79 Å². The molecule has 0 amide bonds. The second-order valence-electron chi connectivity index (χ2n) is 6.95. The van der Waals surface area contributed by atoms with Gasteiger partial charge >= 0.3 is 5.97 Å². The molecule has 0 radical (unpaired) electrons. The van der Waals surface area contributed by atoms with E-state index in [0.29, 0.717) is 5.56 Å². The highest BCUT2D eigenvalue weighted by atomic mass is 16.5. The third-order valence-corrected chi connectivity index (χ3v) is 5.09. The maximum absolute atomic E-state index is 11.6. The minimum Gasteiger partial charge on any atom is -0.465 e. The molecule has 0 saturated heterocycles. The number of hydrogen-bond acceptors (Lipinski definition) is 2. The van der Waals surface area contributed by atoms with Gasteiger partial charge in [0.1, 0.15) is 0 Å². The van der Waals surface area contributed by atoms with Crippen LogP contribution in [0.3, 0.4) is 0 Å². The van der Waals surface area contributed by atoms with Gasteiger partial charge in [0.25, 0.3) is 0 Å². The van der Waals surface area contributed by atoms with Crippen molar-refractivity contribution in [3.63, 3.8) is 0 Å². The molecule has 2 nitrogen and oxygen atoms in total. The van der Waals surface area contributed by atoms with Crippen LogP contribution in [0.2, 0.25) is 0 Å². The monoisotopic (exact) mass is 396 g/mol. The van der Waals surface area contributed by atoms with E-state index >= 15 is 0 Å². The Morgan fingerprint density at radius 3 is 1.97 bits per heavy atom. The highest BCUT2D eigenvalue weighted by Gasteiger charge is 2.06. The molecular weight excluding hydrogens is 368 g/mol. The topological polar surface area (TPSA) is 26.3 Å². The number of aryl methyl sites for hydroxylation is 2. The average Bonchev–Trinajstić information content (AvgIpc) is 2.84. The molecule has 0 fully saturated rings. The summed E-state index contributed by atoms with van der Waals surface area (Å²) < 4.78 is 4.76. The van der Waals surface area contributed by atoms with Gasteiger partial charge < -0.3 is 4.74 Å². The predicted molar refractivity (Wildman–Crippen MR) is 126 cm³/mol.